The van der Waals surface area contributed by atoms with Crippen LogP contribution in [-0.2, 0) is 14.2 Å². The molecule has 2 aliphatic heterocycles. The maximum Gasteiger partial charge on any atom is 0.269 e. The molecule has 14 nitrogen and oxygen atoms in total. The molecule has 2 heterocycles. The summed E-state index contributed by atoms with van der Waals surface area (Å²) in [7, 11) is 0. The number of aliphatic hydroxyl groups excluding tert-OH is 7. The molecule has 1 aromatic carbocycles. The molecule has 3 rings (SSSR count). The average Bonchev–Trinajstić information content (AvgIpc) is 2.79. The van der Waals surface area contributed by atoms with E-state index in [4.69, 9.17) is 18.9 Å². The number of hydrogen-bond acceptors (Lipinski definition) is 13. The molecule has 0 aliphatic carbocycles. The highest BCUT2D eigenvalue weighted by atomic mass is 16.7. The van der Waals surface area contributed by atoms with Gasteiger partial charge in [-0.1, -0.05) is 0 Å². The van der Waals surface area contributed by atoms with Gasteiger partial charge in [0.15, 0.2) is 6.29 Å². The van der Waals surface area contributed by atoms with E-state index in [9.17, 15) is 45.9 Å². The summed E-state index contributed by atoms with van der Waals surface area (Å²) in [6.07, 6.45) is -15.7. The Balaban J connectivity index is 1.70. The number of non-ortho nitro benzene ring substituents is 1. The molecule has 1 aromatic rings. The van der Waals surface area contributed by atoms with E-state index in [-0.39, 0.29) is 11.4 Å². The third-order valence-electron chi connectivity index (χ3n) is 5.26. The van der Waals surface area contributed by atoms with Crippen LogP contribution in [0.1, 0.15) is 0 Å². The molecule has 180 valence electrons. The summed E-state index contributed by atoms with van der Waals surface area (Å²) >= 11 is 0. The molecule has 0 saturated carbocycles. The molecule has 0 radical (unpaired) electrons. The average molecular weight is 463 g/mol. The first-order valence-electron chi connectivity index (χ1n) is 9.67. The normalized spacial score (nSPS) is 40.1. The minimum absolute atomic E-state index is 0.0804. The molecule has 1 unspecified atom stereocenters. The molecular weight excluding hydrogens is 438 g/mol. The maximum absolute atomic E-state index is 10.7. The van der Waals surface area contributed by atoms with Gasteiger partial charge in [-0.3, -0.25) is 10.1 Å². The van der Waals surface area contributed by atoms with Gasteiger partial charge in [0.05, 0.1) is 18.1 Å². The molecule has 7 N–H and O–H groups in total. The minimum atomic E-state index is -1.77. The van der Waals surface area contributed by atoms with Gasteiger partial charge >= 0.3 is 0 Å². The Morgan fingerprint density at radius 1 is 0.812 bits per heavy atom. The Hall–Kier alpha value is -1.98. The molecule has 2 aliphatic rings. The van der Waals surface area contributed by atoms with Crippen molar-refractivity contribution in [3.05, 3.63) is 34.4 Å². The van der Waals surface area contributed by atoms with E-state index in [1.54, 1.807) is 0 Å². The van der Waals surface area contributed by atoms with Crippen molar-refractivity contribution in [3.8, 4) is 5.75 Å². The lowest BCUT2D eigenvalue weighted by Gasteiger charge is -2.45. The summed E-state index contributed by atoms with van der Waals surface area (Å²) in [5.41, 5.74) is -0.191. The van der Waals surface area contributed by atoms with Crippen LogP contribution in [0.15, 0.2) is 24.3 Å². The molecule has 0 aromatic heterocycles. The van der Waals surface area contributed by atoms with Crippen LogP contribution in [0.5, 0.6) is 5.75 Å². The van der Waals surface area contributed by atoms with Gasteiger partial charge in [0.2, 0.25) is 6.29 Å². The lowest BCUT2D eigenvalue weighted by atomic mass is 9.97. The molecule has 0 bridgehead atoms. The summed E-state index contributed by atoms with van der Waals surface area (Å²) in [5, 5.41) is 80.4. The first kappa shape index (κ1) is 24.7. The maximum atomic E-state index is 10.7. The van der Waals surface area contributed by atoms with E-state index < -0.39 is 79.5 Å². The summed E-state index contributed by atoms with van der Waals surface area (Å²) in [6.45, 7) is -1.42. The van der Waals surface area contributed by atoms with Crippen LogP contribution >= 0.6 is 0 Å². The molecule has 0 amide bonds. The van der Waals surface area contributed by atoms with Crippen molar-refractivity contribution in [1.29, 1.82) is 0 Å². The van der Waals surface area contributed by atoms with Crippen LogP contribution in [0.3, 0.4) is 0 Å². The summed E-state index contributed by atoms with van der Waals surface area (Å²) in [4.78, 5) is 10.1. The second-order valence-electron chi connectivity index (χ2n) is 7.37. The van der Waals surface area contributed by atoms with E-state index in [1.807, 2.05) is 0 Å². The van der Waals surface area contributed by atoms with Gasteiger partial charge in [-0.25, -0.2) is 0 Å². The third kappa shape index (κ3) is 4.99. The number of benzene rings is 1. The van der Waals surface area contributed by atoms with Crippen LogP contribution in [0.4, 0.5) is 5.69 Å². The van der Waals surface area contributed by atoms with Crippen molar-refractivity contribution >= 4 is 5.69 Å². The lowest BCUT2D eigenvalue weighted by molar-refractivity contribution is -0.384. The minimum Gasteiger partial charge on any atom is -0.462 e. The number of ether oxygens (including phenoxy) is 4. The predicted molar refractivity (Wildman–Crippen MR) is 100 cm³/mol. The van der Waals surface area contributed by atoms with Crippen molar-refractivity contribution < 1.29 is 59.6 Å². The fraction of sp³-hybridized carbons (Fsp3) is 0.667. The van der Waals surface area contributed by atoms with Crippen LogP contribution in [0.25, 0.3) is 0 Å². The number of hydrogen-bond donors (Lipinski definition) is 7. The van der Waals surface area contributed by atoms with Crippen LogP contribution in [0.2, 0.25) is 0 Å². The third-order valence-corrected chi connectivity index (χ3v) is 5.26. The second kappa shape index (κ2) is 10.3. The van der Waals surface area contributed by atoms with Gasteiger partial charge < -0.3 is 54.7 Å². The molecule has 2 fully saturated rings. The molecule has 14 heteroatoms. The van der Waals surface area contributed by atoms with E-state index in [0.29, 0.717) is 0 Å². The Labute approximate surface area is 180 Å². The smallest absolute Gasteiger partial charge is 0.269 e. The molecule has 10 atom stereocenters. The molecule has 32 heavy (non-hydrogen) atoms. The van der Waals surface area contributed by atoms with Gasteiger partial charge in [0, 0.05) is 12.1 Å². The Kier molecular flexibility index (Phi) is 7.94. The van der Waals surface area contributed by atoms with Crippen molar-refractivity contribution in [2.75, 3.05) is 13.2 Å². The van der Waals surface area contributed by atoms with Gasteiger partial charge in [-0.15, -0.1) is 0 Å². The summed E-state index contributed by atoms with van der Waals surface area (Å²) in [6, 6.07) is 4.83. The van der Waals surface area contributed by atoms with E-state index in [0.717, 1.165) is 12.1 Å². The number of nitro groups is 1. The predicted octanol–water partition coefficient (Wildman–Crippen LogP) is -3.40. The first-order valence-corrected chi connectivity index (χ1v) is 9.67. The highest BCUT2D eigenvalue weighted by Gasteiger charge is 2.51. The SMILES string of the molecule is O=[N+]([O-])c1ccc(OC2O[C@H](CO)[C@@H](O[C@@H]3O[C@H](CO)[C@H](O)[C@H](O)[C@H]3O)[C@H](O)[C@H]2O)cc1. The van der Waals surface area contributed by atoms with E-state index in [1.165, 1.54) is 12.1 Å². The highest BCUT2D eigenvalue weighted by Crippen LogP contribution is 2.30. The molecular formula is C18H25NO13. The van der Waals surface area contributed by atoms with Gasteiger partial charge in [0.1, 0.15) is 54.6 Å². The quantitative estimate of drug-likeness (QED) is 0.155. The molecule has 2 saturated heterocycles. The van der Waals surface area contributed by atoms with E-state index in [2.05, 4.69) is 0 Å². The second-order valence-corrected chi connectivity index (χ2v) is 7.37. The largest absolute Gasteiger partial charge is 0.462 e. The fourth-order valence-corrected chi connectivity index (χ4v) is 3.43. The lowest BCUT2D eigenvalue weighted by Crippen LogP contribution is -2.65. The monoisotopic (exact) mass is 463 g/mol. The van der Waals surface area contributed by atoms with Crippen molar-refractivity contribution in [3.63, 3.8) is 0 Å². The zero-order chi connectivity index (χ0) is 23.6. The number of rotatable bonds is 7. The summed E-state index contributed by atoms with van der Waals surface area (Å²) in [5.74, 6) is 0.0804. The first-order chi connectivity index (χ1) is 15.2. The number of nitrogens with zero attached hydrogens (tertiary/aromatic N) is 1. The van der Waals surface area contributed by atoms with Crippen LogP contribution in [0, 0.1) is 10.1 Å². The van der Waals surface area contributed by atoms with Crippen LogP contribution in [-0.4, -0.2) is 115 Å². The van der Waals surface area contributed by atoms with Crippen molar-refractivity contribution in [1.82, 2.24) is 0 Å². The molecule has 0 spiro atoms. The Morgan fingerprint density at radius 2 is 1.38 bits per heavy atom. The number of aliphatic hydroxyl groups is 7. The summed E-state index contributed by atoms with van der Waals surface area (Å²) < 4.78 is 21.5. The number of nitro benzene ring substituents is 1. The van der Waals surface area contributed by atoms with E-state index >= 15 is 0 Å². The topological polar surface area (TPSA) is 222 Å². The van der Waals surface area contributed by atoms with Crippen molar-refractivity contribution in [2.24, 2.45) is 0 Å². The van der Waals surface area contributed by atoms with Crippen molar-refractivity contribution in [2.45, 2.75) is 61.4 Å². The fourth-order valence-electron chi connectivity index (χ4n) is 3.43. The Morgan fingerprint density at radius 3 is 1.94 bits per heavy atom. The highest BCUT2D eigenvalue weighted by molar-refractivity contribution is 5.36. The zero-order valence-corrected chi connectivity index (χ0v) is 16.5. The van der Waals surface area contributed by atoms with Gasteiger partial charge in [-0.05, 0) is 12.1 Å². The standard InChI is InChI=1S/C18H25NO13/c20-5-9-11(22)12(23)14(25)18(30-9)32-16-10(6-21)31-17(15(26)13(16)24)29-8-3-1-7(2-4-8)19(27)28/h1-4,9-18,20-26H,5-6H2/t9-,10-,11+,12+,13-,14-,15-,16-,17?,18+/m1/s1. The van der Waals surface area contributed by atoms with Gasteiger partial charge in [0.25, 0.3) is 5.69 Å². The zero-order valence-electron chi connectivity index (χ0n) is 16.5. The van der Waals surface area contributed by atoms with Crippen LogP contribution < -0.4 is 4.74 Å². The van der Waals surface area contributed by atoms with Gasteiger partial charge in [-0.2, -0.15) is 0 Å². The Bertz CT molecular complexity index is 760.